The highest BCUT2D eigenvalue weighted by atomic mass is 19.1. The van der Waals surface area contributed by atoms with Crippen molar-refractivity contribution < 1.29 is 14.0 Å². The van der Waals surface area contributed by atoms with Crippen molar-refractivity contribution in [2.45, 2.75) is 63.7 Å². The molecule has 6 nitrogen and oxygen atoms in total. The van der Waals surface area contributed by atoms with Crippen LogP contribution in [-0.4, -0.2) is 71.8 Å². The molecule has 2 atom stereocenters. The Morgan fingerprint density at radius 3 is 2.54 bits per heavy atom. The van der Waals surface area contributed by atoms with Gasteiger partial charge in [-0.05, 0) is 33.1 Å². The summed E-state index contributed by atoms with van der Waals surface area (Å²) in [6.07, 6.45) is 3.90. The van der Waals surface area contributed by atoms with E-state index >= 15 is 0 Å². The zero-order chi connectivity index (χ0) is 17.7. The monoisotopic (exact) mass is 340 g/mol. The first-order chi connectivity index (χ1) is 11.3. The molecule has 0 unspecified atom stereocenters. The number of amides is 2. The summed E-state index contributed by atoms with van der Waals surface area (Å²) in [5, 5.41) is 10.4. The fourth-order valence-electron chi connectivity index (χ4n) is 3.37. The maximum absolute atomic E-state index is 13.5. The Labute approximate surface area is 143 Å². The van der Waals surface area contributed by atoms with Crippen molar-refractivity contribution in [2.75, 3.05) is 26.2 Å². The number of carbonyl (C=O) groups is 2. The molecule has 2 saturated heterocycles. The minimum Gasteiger partial charge on any atom is -0.343 e. The fraction of sp³-hybridized carbons (Fsp3) is 0.824. The van der Waals surface area contributed by atoms with Gasteiger partial charge < -0.3 is 20.5 Å². The highest BCUT2D eigenvalue weighted by molar-refractivity contribution is 5.83. The van der Waals surface area contributed by atoms with E-state index in [-0.39, 0.29) is 31.3 Å². The summed E-state index contributed by atoms with van der Waals surface area (Å²) in [6.45, 7) is 5.54. The number of nitrogens with one attached hydrogen (secondary N) is 2. The van der Waals surface area contributed by atoms with Crippen LogP contribution in [0, 0.1) is 5.41 Å². The van der Waals surface area contributed by atoms with E-state index in [2.05, 4.69) is 5.32 Å². The molecule has 2 heterocycles. The normalized spacial score (nSPS) is 25.0. The van der Waals surface area contributed by atoms with Crippen LogP contribution in [0.25, 0.3) is 0 Å². The number of halogens is 1. The quantitative estimate of drug-likeness (QED) is 0.717. The molecular weight excluding hydrogens is 311 g/mol. The molecule has 2 amide bonds. The van der Waals surface area contributed by atoms with Crippen molar-refractivity contribution in [2.24, 2.45) is 0 Å². The number of piperidine rings is 1. The van der Waals surface area contributed by atoms with Crippen LogP contribution >= 0.6 is 0 Å². The van der Waals surface area contributed by atoms with E-state index in [4.69, 9.17) is 5.41 Å². The molecule has 0 aromatic carbocycles. The first kappa shape index (κ1) is 18.8. The first-order valence-electron chi connectivity index (χ1n) is 8.79. The lowest BCUT2D eigenvalue weighted by Crippen LogP contribution is -2.50. The summed E-state index contributed by atoms with van der Waals surface area (Å²) >= 11 is 0. The lowest BCUT2D eigenvalue weighted by Gasteiger charge is -2.32. The molecule has 2 aliphatic heterocycles. The summed E-state index contributed by atoms with van der Waals surface area (Å²) < 4.78 is 13.5. The number of carbonyl (C=O) groups excluding carboxylic acids is 2. The average Bonchev–Trinajstić information content (AvgIpc) is 2.94. The van der Waals surface area contributed by atoms with Gasteiger partial charge in [0.15, 0.2) is 0 Å². The van der Waals surface area contributed by atoms with E-state index in [1.165, 1.54) is 11.3 Å². The Morgan fingerprint density at radius 2 is 1.92 bits per heavy atom. The van der Waals surface area contributed by atoms with Gasteiger partial charge >= 0.3 is 0 Å². The number of alkyl halides is 1. The first-order valence-corrected chi connectivity index (χ1v) is 8.79. The Hall–Kier alpha value is -1.50. The van der Waals surface area contributed by atoms with E-state index in [1.54, 1.807) is 0 Å². The topological polar surface area (TPSA) is 76.5 Å². The van der Waals surface area contributed by atoms with Crippen molar-refractivity contribution in [3.63, 3.8) is 0 Å². The van der Waals surface area contributed by atoms with Crippen LogP contribution in [0.15, 0.2) is 0 Å². The number of hydrogen-bond acceptors (Lipinski definition) is 4. The second-order valence-corrected chi connectivity index (χ2v) is 7.47. The summed E-state index contributed by atoms with van der Waals surface area (Å²) in [5.41, 5.74) is -0.501. The molecule has 2 aliphatic rings. The van der Waals surface area contributed by atoms with Crippen LogP contribution in [0.5, 0.6) is 0 Å². The maximum atomic E-state index is 13.5. The van der Waals surface area contributed by atoms with Gasteiger partial charge in [-0.25, -0.2) is 4.39 Å². The van der Waals surface area contributed by atoms with Crippen LogP contribution in [-0.2, 0) is 9.59 Å². The van der Waals surface area contributed by atoms with Gasteiger partial charge in [0.1, 0.15) is 6.17 Å². The van der Waals surface area contributed by atoms with Crippen molar-refractivity contribution in [1.82, 2.24) is 15.1 Å². The lowest BCUT2D eigenvalue weighted by atomic mass is 9.98. The molecule has 0 aromatic heterocycles. The predicted octanol–water partition coefficient (Wildman–Crippen LogP) is 1.35. The van der Waals surface area contributed by atoms with E-state index in [0.717, 1.165) is 32.1 Å². The van der Waals surface area contributed by atoms with Gasteiger partial charge in [-0.3, -0.25) is 9.59 Å². The summed E-state index contributed by atoms with van der Waals surface area (Å²) in [6, 6.07) is -0.451. The van der Waals surface area contributed by atoms with Gasteiger partial charge in [-0.1, -0.05) is 0 Å². The van der Waals surface area contributed by atoms with Gasteiger partial charge in [0, 0.05) is 37.7 Å². The predicted molar refractivity (Wildman–Crippen MR) is 90.9 cm³/mol. The third-order valence-corrected chi connectivity index (χ3v) is 4.83. The number of likely N-dealkylation sites (tertiary alicyclic amines) is 2. The molecule has 7 heteroatoms. The van der Waals surface area contributed by atoms with E-state index in [9.17, 15) is 14.0 Å². The highest BCUT2D eigenvalue weighted by Gasteiger charge is 2.34. The molecule has 0 radical (unpaired) electrons. The molecule has 0 aliphatic carbocycles. The SMILES string of the molecule is CC(C)(CC(=O)N1CCCCC1)NCC(=O)N1C[C@@H](F)C[C@H]1C=N. The van der Waals surface area contributed by atoms with Crippen LogP contribution in [0.4, 0.5) is 4.39 Å². The molecule has 0 aromatic rings. The molecule has 24 heavy (non-hydrogen) atoms. The summed E-state index contributed by atoms with van der Waals surface area (Å²) in [5.74, 6) is -0.107. The van der Waals surface area contributed by atoms with Gasteiger partial charge in [0.25, 0.3) is 0 Å². The Bertz CT molecular complexity index is 477. The largest absolute Gasteiger partial charge is 0.343 e. The minimum absolute atomic E-state index is 0.0493. The van der Waals surface area contributed by atoms with Crippen LogP contribution in [0.3, 0.4) is 0 Å². The van der Waals surface area contributed by atoms with Crippen molar-refractivity contribution in [3.05, 3.63) is 0 Å². The van der Waals surface area contributed by atoms with Gasteiger partial charge in [0.2, 0.25) is 11.8 Å². The minimum atomic E-state index is -1.06. The Morgan fingerprint density at radius 1 is 1.25 bits per heavy atom. The van der Waals surface area contributed by atoms with Crippen LogP contribution in [0.2, 0.25) is 0 Å². The molecule has 0 saturated carbocycles. The molecule has 136 valence electrons. The molecule has 2 rings (SSSR count). The van der Waals surface area contributed by atoms with Crippen LogP contribution < -0.4 is 5.32 Å². The molecular formula is C17H29FN4O2. The van der Waals surface area contributed by atoms with Crippen molar-refractivity contribution in [1.29, 1.82) is 5.41 Å². The van der Waals surface area contributed by atoms with E-state index in [1.807, 2.05) is 18.7 Å². The number of rotatable bonds is 6. The average molecular weight is 340 g/mol. The smallest absolute Gasteiger partial charge is 0.237 e. The molecule has 2 N–H and O–H groups in total. The summed E-state index contributed by atoms with van der Waals surface area (Å²) in [4.78, 5) is 28.0. The number of nitrogens with zero attached hydrogens (tertiary/aromatic N) is 2. The Kier molecular flexibility index (Phi) is 6.32. The van der Waals surface area contributed by atoms with Gasteiger partial charge in [-0.2, -0.15) is 0 Å². The zero-order valence-electron chi connectivity index (χ0n) is 14.7. The third kappa shape index (κ3) is 5.00. The summed E-state index contributed by atoms with van der Waals surface area (Å²) in [7, 11) is 0. The van der Waals surface area contributed by atoms with Gasteiger partial charge in [0.05, 0.1) is 19.1 Å². The standard InChI is InChI=1S/C17H29FN4O2/c1-17(2,9-15(23)21-6-4-3-5-7-21)20-11-16(24)22-12-13(18)8-14(22)10-19/h10,13-14,19-20H,3-9,11-12H2,1-2H3/t13-,14-/m0/s1. The lowest BCUT2D eigenvalue weighted by molar-refractivity contribution is -0.134. The van der Waals surface area contributed by atoms with Crippen molar-refractivity contribution >= 4 is 18.0 Å². The molecule has 0 bridgehead atoms. The van der Waals surface area contributed by atoms with Gasteiger partial charge in [-0.15, -0.1) is 0 Å². The molecule has 2 fully saturated rings. The van der Waals surface area contributed by atoms with E-state index < -0.39 is 17.8 Å². The highest BCUT2D eigenvalue weighted by Crippen LogP contribution is 2.20. The Balaban J connectivity index is 1.81. The van der Waals surface area contributed by atoms with Crippen LogP contribution in [0.1, 0.15) is 46.0 Å². The van der Waals surface area contributed by atoms with E-state index in [0.29, 0.717) is 6.42 Å². The second-order valence-electron chi connectivity index (χ2n) is 7.47. The number of hydrogen-bond donors (Lipinski definition) is 2. The van der Waals surface area contributed by atoms with Crippen molar-refractivity contribution in [3.8, 4) is 0 Å². The maximum Gasteiger partial charge on any atom is 0.237 e. The fourth-order valence-corrected chi connectivity index (χ4v) is 3.37. The second kappa shape index (κ2) is 8.05. The molecule has 0 spiro atoms. The third-order valence-electron chi connectivity index (χ3n) is 4.83. The zero-order valence-corrected chi connectivity index (χ0v) is 14.7.